The van der Waals surface area contributed by atoms with E-state index in [-0.39, 0.29) is 5.91 Å². The molecule has 1 fully saturated rings. The molecule has 4 heteroatoms. The molecule has 0 aromatic heterocycles. The first kappa shape index (κ1) is 12.5. The van der Waals surface area contributed by atoms with Gasteiger partial charge in [0.1, 0.15) is 0 Å². The summed E-state index contributed by atoms with van der Waals surface area (Å²) in [5, 5.41) is 9.27. The third-order valence-corrected chi connectivity index (χ3v) is 2.83. The van der Waals surface area contributed by atoms with Crippen LogP contribution in [0.1, 0.15) is 38.5 Å². The van der Waals surface area contributed by atoms with Gasteiger partial charge in [0.25, 0.3) is 0 Å². The molecule has 0 aromatic carbocycles. The Morgan fingerprint density at radius 3 is 2.53 bits per heavy atom. The Hall–Kier alpha value is -0.610. The molecule has 1 saturated heterocycles. The van der Waals surface area contributed by atoms with Crippen LogP contribution in [0.25, 0.3) is 0 Å². The third kappa shape index (κ3) is 4.62. The van der Waals surface area contributed by atoms with Crippen LogP contribution >= 0.6 is 0 Å². The van der Waals surface area contributed by atoms with E-state index in [2.05, 4.69) is 0 Å². The number of β-amino-alcohol motifs (C(OH)–C–C–N with tert-alkyl or cyclic N) is 1. The molecule has 0 aliphatic carbocycles. The van der Waals surface area contributed by atoms with Crippen molar-refractivity contribution in [2.45, 2.75) is 44.6 Å². The van der Waals surface area contributed by atoms with Crippen molar-refractivity contribution in [1.29, 1.82) is 0 Å². The van der Waals surface area contributed by atoms with Crippen LogP contribution in [0.15, 0.2) is 0 Å². The predicted octanol–water partition coefficient (Wildman–Crippen LogP) is 0.489. The Bertz CT molecular complexity index is 197. The van der Waals surface area contributed by atoms with Crippen molar-refractivity contribution < 1.29 is 9.90 Å². The number of hydrogen-bond acceptors (Lipinski definition) is 3. The third-order valence-electron chi connectivity index (χ3n) is 2.83. The molecule has 0 aromatic rings. The second-order valence-electron chi connectivity index (χ2n) is 4.25. The number of likely N-dealkylation sites (tertiary alicyclic amines) is 1. The summed E-state index contributed by atoms with van der Waals surface area (Å²) >= 11 is 0. The largest absolute Gasteiger partial charge is 0.391 e. The van der Waals surface area contributed by atoms with Crippen LogP contribution in [0, 0.1) is 0 Å². The van der Waals surface area contributed by atoms with Gasteiger partial charge in [-0.15, -0.1) is 0 Å². The topological polar surface area (TPSA) is 66.6 Å². The highest BCUT2D eigenvalue weighted by molar-refractivity contribution is 5.78. The second-order valence-corrected chi connectivity index (χ2v) is 4.25. The maximum Gasteiger partial charge on any atom is 0.225 e. The van der Waals surface area contributed by atoms with Gasteiger partial charge >= 0.3 is 0 Å². The lowest BCUT2D eigenvalue weighted by Crippen LogP contribution is -2.26. The summed E-state index contributed by atoms with van der Waals surface area (Å²) in [6.07, 6.45) is 5.56. The minimum atomic E-state index is -0.435. The van der Waals surface area contributed by atoms with Crippen LogP contribution in [0.2, 0.25) is 0 Å². The van der Waals surface area contributed by atoms with E-state index in [1.807, 2.05) is 0 Å². The van der Waals surface area contributed by atoms with Crippen LogP contribution in [0.5, 0.6) is 0 Å². The zero-order valence-corrected chi connectivity index (χ0v) is 9.32. The molecule has 1 atom stereocenters. The van der Waals surface area contributed by atoms with E-state index in [9.17, 15) is 9.90 Å². The summed E-state index contributed by atoms with van der Waals surface area (Å²) in [5.74, 6) is 0.101. The van der Waals surface area contributed by atoms with Crippen LogP contribution < -0.4 is 5.73 Å². The molecule has 88 valence electrons. The SMILES string of the molecule is NCCCCCCCN1CC(O)CC1=O. The first-order chi connectivity index (χ1) is 7.24. The summed E-state index contributed by atoms with van der Waals surface area (Å²) in [6, 6.07) is 0. The van der Waals surface area contributed by atoms with Crippen molar-refractivity contribution in [3.05, 3.63) is 0 Å². The molecule has 0 bridgehead atoms. The molecule has 0 radical (unpaired) electrons. The Morgan fingerprint density at radius 1 is 1.27 bits per heavy atom. The fraction of sp³-hybridized carbons (Fsp3) is 0.909. The van der Waals surface area contributed by atoms with Gasteiger partial charge in [0.15, 0.2) is 0 Å². The summed E-state index contributed by atoms with van der Waals surface area (Å²) in [6.45, 7) is 2.11. The van der Waals surface area contributed by atoms with Crippen LogP contribution in [0.4, 0.5) is 0 Å². The Labute approximate surface area is 91.4 Å². The van der Waals surface area contributed by atoms with E-state index < -0.39 is 6.10 Å². The standard InChI is InChI=1S/C11H22N2O2/c12-6-4-2-1-3-5-7-13-9-10(14)8-11(13)15/h10,14H,1-9,12H2. The number of nitrogens with two attached hydrogens (primary N) is 1. The van der Waals surface area contributed by atoms with Crippen LogP contribution in [-0.2, 0) is 4.79 Å². The van der Waals surface area contributed by atoms with E-state index in [0.29, 0.717) is 13.0 Å². The quantitative estimate of drug-likeness (QED) is 0.606. The minimum Gasteiger partial charge on any atom is -0.391 e. The summed E-state index contributed by atoms with van der Waals surface area (Å²) in [5.41, 5.74) is 5.40. The van der Waals surface area contributed by atoms with Crippen molar-refractivity contribution in [1.82, 2.24) is 4.90 Å². The maximum atomic E-state index is 11.3. The zero-order valence-electron chi connectivity index (χ0n) is 9.32. The monoisotopic (exact) mass is 214 g/mol. The number of rotatable bonds is 7. The van der Waals surface area contributed by atoms with Crippen molar-refractivity contribution in [3.8, 4) is 0 Å². The molecule has 1 rings (SSSR count). The molecule has 0 spiro atoms. The highest BCUT2D eigenvalue weighted by Gasteiger charge is 2.26. The van der Waals surface area contributed by atoms with Gasteiger partial charge < -0.3 is 15.7 Å². The average molecular weight is 214 g/mol. The van der Waals surface area contributed by atoms with Gasteiger partial charge in [0, 0.05) is 13.1 Å². The van der Waals surface area contributed by atoms with E-state index in [1.165, 1.54) is 12.8 Å². The molecule has 3 N–H and O–H groups in total. The van der Waals surface area contributed by atoms with Crippen LogP contribution in [0.3, 0.4) is 0 Å². The number of unbranched alkanes of at least 4 members (excludes halogenated alkanes) is 4. The first-order valence-electron chi connectivity index (χ1n) is 5.90. The highest BCUT2D eigenvalue weighted by Crippen LogP contribution is 2.12. The number of amides is 1. The van der Waals surface area contributed by atoms with Crippen molar-refractivity contribution >= 4 is 5.91 Å². The van der Waals surface area contributed by atoms with Gasteiger partial charge in [-0.2, -0.15) is 0 Å². The van der Waals surface area contributed by atoms with Gasteiger partial charge in [-0.25, -0.2) is 0 Å². The molecule has 1 unspecified atom stereocenters. The fourth-order valence-corrected chi connectivity index (χ4v) is 1.94. The van der Waals surface area contributed by atoms with Crippen molar-refractivity contribution in [2.24, 2.45) is 5.73 Å². The van der Waals surface area contributed by atoms with E-state index in [4.69, 9.17) is 5.73 Å². The molecule has 1 aliphatic rings. The zero-order chi connectivity index (χ0) is 11.1. The molecule has 1 heterocycles. The molecule has 1 aliphatic heterocycles. The normalized spacial score (nSPS) is 21.3. The smallest absolute Gasteiger partial charge is 0.225 e. The Morgan fingerprint density at radius 2 is 1.93 bits per heavy atom. The summed E-state index contributed by atoms with van der Waals surface area (Å²) in [4.78, 5) is 13.1. The average Bonchev–Trinajstić information content (AvgIpc) is 2.51. The lowest BCUT2D eigenvalue weighted by atomic mass is 10.1. The summed E-state index contributed by atoms with van der Waals surface area (Å²) < 4.78 is 0. The second kappa shape index (κ2) is 6.80. The van der Waals surface area contributed by atoms with Gasteiger partial charge in [-0.1, -0.05) is 19.3 Å². The maximum absolute atomic E-state index is 11.3. The number of hydrogen-bond donors (Lipinski definition) is 2. The van der Waals surface area contributed by atoms with E-state index in [0.717, 1.165) is 32.4 Å². The van der Waals surface area contributed by atoms with Gasteiger partial charge in [0.2, 0.25) is 5.91 Å². The molecular weight excluding hydrogens is 192 g/mol. The van der Waals surface area contributed by atoms with Gasteiger partial charge in [-0.05, 0) is 19.4 Å². The number of aliphatic hydroxyl groups is 1. The predicted molar refractivity (Wildman–Crippen MR) is 59.3 cm³/mol. The van der Waals surface area contributed by atoms with Gasteiger partial charge in [0.05, 0.1) is 12.5 Å². The Balaban J connectivity index is 1.98. The minimum absolute atomic E-state index is 0.101. The highest BCUT2D eigenvalue weighted by atomic mass is 16.3. The molecule has 4 nitrogen and oxygen atoms in total. The number of carbonyl (C=O) groups excluding carboxylic acids is 1. The van der Waals surface area contributed by atoms with E-state index in [1.54, 1.807) is 4.90 Å². The van der Waals surface area contributed by atoms with E-state index >= 15 is 0 Å². The molecular formula is C11H22N2O2. The van der Waals surface area contributed by atoms with Crippen molar-refractivity contribution in [2.75, 3.05) is 19.6 Å². The molecule has 1 amide bonds. The Kier molecular flexibility index (Phi) is 5.65. The fourth-order valence-electron chi connectivity index (χ4n) is 1.94. The lowest BCUT2D eigenvalue weighted by molar-refractivity contribution is -0.127. The number of nitrogens with zero attached hydrogens (tertiary/aromatic N) is 1. The molecule has 0 saturated carbocycles. The van der Waals surface area contributed by atoms with Gasteiger partial charge in [-0.3, -0.25) is 4.79 Å². The number of carbonyl (C=O) groups is 1. The van der Waals surface area contributed by atoms with Crippen molar-refractivity contribution in [3.63, 3.8) is 0 Å². The van der Waals surface area contributed by atoms with Crippen LogP contribution in [-0.4, -0.2) is 41.7 Å². The lowest BCUT2D eigenvalue weighted by Gasteiger charge is -2.15. The first-order valence-corrected chi connectivity index (χ1v) is 5.90. The molecule has 15 heavy (non-hydrogen) atoms. The summed E-state index contributed by atoms with van der Waals surface area (Å²) in [7, 11) is 0. The number of aliphatic hydroxyl groups excluding tert-OH is 1.